The molecular weight excluding hydrogens is 455 g/mol. The van der Waals surface area contributed by atoms with Crippen LogP contribution in [0.3, 0.4) is 0 Å². The van der Waals surface area contributed by atoms with E-state index in [4.69, 9.17) is 28.0 Å². The van der Waals surface area contributed by atoms with E-state index in [2.05, 4.69) is 14.5 Å². The van der Waals surface area contributed by atoms with Gasteiger partial charge in [0.2, 0.25) is 6.79 Å². The third-order valence-corrected chi connectivity index (χ3v) is 7.34. The topological polar surface area (TPSA) is 129 Å². The molecule has 1 fully saturated rings. The lowest BCUT2D eigenvalue weighted by molar-refractivity contribution is -0.140. The number of carbonyl (C=O) groups is 1. The van der Waals surface area contributed by atoms with Crippen molar-refractivity contribution in [3.05, 3.63) is 18.5 Å². The van der Waals surface area contributed by atoms with E-state index < -0.39 is 6.10 Å². The molecule has 3 aromatic rings. The van der Waals surface area contributed by atoms with Crippen LogP contribution in [0.4, 0.5) is 5.82 Å². The van der Waals surface area contributed by atoms with Crippen molar-refractivity contribution in [2.24, 2.45) is 5.92 Å². The van der Waals surface area contributed by atoms with E-state index >= 15 is 0 Å². The number of nitrogen functional groups attached to an aromatic ring is 1. The first-order valence-electron chi connectivity index (χ1n) is 11.2. The standard InChI is InChI=1S/C22H25BN6O4S/c1-12(30)21(31)28-5-2-13(3-6-28)4-7-29-20-18(19(24)25-10-26-20)27-22(29)34-17-9-16-15(8-14(17)23)32-11-33-16/h8-10,12-13,30H,2-7,11H2,1H3,(H2,24,25,26). The summed E-state index contributed by atoms with van der Waals surface area (Å²) in [4.78, 5) is 27.9. The number of aliphatic hydroxyl groups is 1. The smallest absolute Gasteiger partial charge is 0.251 e. The van der Waals surface area contributed by atoms with Crippen LogP contribution in [-0.2, 0) is 11.3 Å². The summed E-state index contributed by atoms with van der Waals surface area (Å²) in [6.45, 7) is 3.69. The minimum absolute atomic E-state index is 0.176. The van der Waals surface area contributed by atoms with Crippen LogP contribution < -0.4 is 20.7 Å². The molecular formula is C22H25BN6O4S. The predicted molar refractivity (Wildman–Crippen MR) is 127 cm³/mol. The van der Waals surface area contributed by atoms with Gasteiger partial charge >= 0.3 is 0 Å². The molecule has 3 N–H and O–H groups in total. The van der Waals surface area contributed by atoms with Gasteiger partial charge in [-0.3, -0.25) is 4.79 Å². The van der Waals surface area contributed by atoms with Gasteiger partial charge in [0.05, 0.1) is 0 Å². The fourth-order valence-electron chi connectivity index (χ4n) is 4.36. The minimum atomic E-state index is -0.956. The van der Waals surface area contributed by atoms with Crippen molar-refractivity contribution in [3.63, 3.8) is 0 Å². The first-order valence-corrected chi connectivity index (χ1v) is 12.0. The molecule has 2 aliphatic heterocycles. The average Bonchev–Trinajstić information content (AvgIpc) is 3.42. The van der Waals surface area contributed by atoms with E-state index in [0.29, 0.717) is 59.5 Å². The monoisotopic (exact) mass is 480 g/mol. The molecule has 12 heteroatoms. The van der Waals surface area contributed by atoms with Crippen LogP contribution in [-0.4, -0.2) is 69.3 Å². The Balaban J connectivity index is 1.36. The van der Waals surface area contributed by atoms with Gasteiger partial charge in [0.15, 0.2) is 33.6 Å². The number of aryl methyl sites for hydroxylation is 1. The maximum Gasteiger partial charge on any atom is 0.251 e. The van der Waals surface area contributed by atoms with Crippen molar-refractivity contribution >= 4 is 48.0 Å². The van der Waals surface area contributed by atoms with Gasteiger partial charge in [-0.1, -0.05) is 17.2 Å². The fraction of sp³-hybridized carbons (Fsp3) is 0.455. The zero-order valence-electron chi connectivity index (χ0n) is 18.8. The number of imidazole rings is 1. The maximum atomic E-state index is 12.1. The number of hydrogen-bond donors (Lipinski definition) is 2. The molecule has 1 aromatic carbocycles. The van der Waals surface area contributed by atoms with Crippen molar-refractivity contribution in [2.45, 2.75) is 48.9 Å². The Labute approximate surface area is 202 Å². The molecule has 176 valence electrons. The quantitative estimate of drug-likeness (QED) is 0.498. The summed E-state index contributed by atoms with van der Waals surface area (Å²) in [6.07, 6.45) is 3.16. The van der Waals surface area contributed by atoms with Crippen molar-refractivity contribution in [2.75, 3.05) is 25.6 Å². The number of nitrogens with two attached hydrogens (primary N) is 1. The molecule has 0 bridgehead atoms. The van der Waals surface area contributed by atoms with E-state index in [1.54, 1.807) is 11.0 Å². The first-order chi connectivity index (χ1) is 16.4. The van der Waals surface area contributed by atoms with E-state index in [-0.39, 0.29) is 12.7 Å². The summed E-state index contributed by atoms with van der Waals surface area (Å²) in [6, 6.07) is 3.62. The number of hydrogen-bond acceptors (Lipinski definition) is 9. The summed E-state index contributed by atoms with van der Waals surface area (Å²) in [5, 5.41) is 10.3. The lowest BCUT2D eigenvalue weighted by atomic mass is 9.93. The molecule has 10 nitrogen and oxygen atoms in total. The van der Waals surface area contributed by atoms with Gasteiger partial charge in [-0.15, -0.1) is 0 Å². The van der Waals surface area contributed by atoms with Gasteiger partial charge in [0.25, 0.3) is 5.91 Å². The molecule has 5 rings (SSSR count). The van der Waals surface area contributed by atoms with Crippen molar-refractivity contribution in [1.82, 2.24) is 24.4 Å². The number of fused-ring (bicyclic) bond motifs is 2. The van der Waals surface area contributed by atoms with Gasteiger partial charge in [0.1, 0.15) is 20.3 Å². The van der Waals surface area contributed by atoms with E-state index in [0.717, 1.165) is 29.3 Å². The van der Waals surface area contributed by atoms with E-state index in [1.807, 2.05) is 6.07 Å². The second kappa shape index (κ2) is 9.34. The SMILES string of the molecule is [B]c1cc2c(cc1Sc1nc3c(N)ncnc3n1CCC1CCN(C(=O)C(C)O)CC1)OCO2. The molecule has 34 heavy (non-hydrogen) atoms. The molecule has 1 unspecified atom stereocenters. The molecule has 0 saturated carbocycles. The minimum Gasteiger partial charge on any atom is -0.454 e. The van der Waals surface area contributed by atoms with Crippen LogP contribution in [0.5, 0.6) is 11.5 Å². The maximum absolute atomic E-state index is 12.1. The first kappa shape index (κ1) is 22.8. The Morgan fingerprint density at radius 3 is 2.76 bits per heavy atom. The van der Waals surface area contributed by atoms with Crippen LogP contribution >= 0.6 is 11.8 Å². The highest BCUT2D eigenvalue weighted by molar-refractivity contribution is 7.99. The number of aromatic nitrogens is 4. The van der Waals surface area contributed by atoms with Gasteiger partial charge in [-0.25, -0.2) is 15.0 Å². The number of benzene rings is 1. The number of carbonyl (C=O) groups excluding carboxylic acids is 1. The highest BCUT2D eigenvalue weighted by Gasteiger charge is 2.26. The normalized spacial score (nSPS) is 16.8. The zero-order chi connectivity index (χ0) is 23.8. The van der Waals surface area contributed by atoms with Gasteiger partial charge in [-0.05, 0) is 44.2 Å². The van der Waals surface area contributed by atoms with Crippen LogP contribution in [0, 0.1) is 5.92 Å². The zero-order valence-corrected chi connectivity index (χ0v) is 19.6. The fourth-order valence-corrected chi connectivity index (χ4v) is 5.32. The van der Waals surface area contributed by atoms with Crippen LogP contribution in [0.1, 0.15) is 26.2 Å². The lowest BCUT2D eigenvalue weighted by Crippen LogP contribution is -2.43. The molecule has 1 atom stereocenters. The van der Waals surface area contributed by atoms with Crippen molar-refractivity contribution in [3.8, 4) is 11.5 Å². The second-order valence-corrected chi connectivity index (χ2v) is 9.56. The third kappa shape index (κ3) is 4.39. The molecule has 2 aromatic heterocycles. The third-order valence-electron chi connectivity index (χ3n) is 6.28. The van der Waals surface area contributed by atoms with Crippen molar-refractivity contribution < 1.29 is 19.4 Å². The number of likely N-dealkylation sites (tertiary alicyclic amines) is 1. The van der Waals surface area contributed by atoms with Gasteiger partial charge < -0.3 is 29.8 Å². The molecule has 0 spiro atoms. The number of anilines is 1. The van der Waals surface area contributed by atoms with Gasteiger partial charge in [0, 0.05) is 24.5 Å². The molecule has 0 aliphatic carbocycles. The molecule has 1 amide bonds. The number of nitrogens with zero attached hydrogens (tertiary/aromatic N) is 5. The number of piperidine rings is 1. The van der Waals surface area contributed by atoms with E-state index in [9.17, 15) is 9.90 Å². The van der Waals surface area contributed by atoms with Crippen LogP contribution in [0.15, 0.2) is 28.5 Å². The number of ether oxygens (including phenoxy) is 2. The second-order valence-electron chi connectivity index (χ2n) is 8.56. The molecule has 2 radical (unpaired) electrons. The predicted octanol–water partition coefficient (Wildman–Crippen LogP) is 1.09. The van der Waals surface area contributed by atoms with Crippen molar-refractivity contribution in [1.29, 1.82) is 0 Å². The Morgan fingerprint density at radius 1 is 1.29 bits per heavy atom. The highest BCUT2D eigenvalue weighted by Crippen LogP contribution is 2.37. The number of aliphatic hydroxyl groups excluding tert-OH is 1. The highest BCUT2D eigenvalue weighted by atomic mass is 32.2. The Kier molecular flexibility index (Phi) is 6.26. The molecule has 4 heterocycles. The molecule has 2 aliphatic rings. The summed E-state index contributed by atoms with van der Waals surface area (Å²) < 4.78 is 13.0. The summed E-state index contributed by atoms with van der Waals surface area (Å²) in [5.74, 6) is 1.85. The summed E-state index contributed by atoms with van der Waals surface area (Å²) in [5.41, 5.74) is 7.89. The lowest BCUT2D eigenvalue weighted by Gasteiger charge is -2.32. The Morgan fingerprint density at radius 2 is 2.03 bits per heavy atom. The van der Waals surface area contributed by atoms with Gasteiger partial charge in [-0.2, -0.15) is 0 Å². The van der Waals surface area contributed by atoms with Crippen LogP contribution in [0.25, 0.3) is 11.2 Å². The Hall–Kier alpha value is -2.99. The largest absolute Gasteiger partial charge is 0.454 e. The number of rotatable bonds is 6. The van der Waals surface area contributed by atoms with E-state index in [1.165, 1.54) is 25.0 Å². The number of amides is 1. The Bertz CT molecular complexity index is 1230. The van der Waals surface area contributed by atoms with Crippen LogP contribution in [0.2, 0.25) is 0 Å². The summed E-state index contributed by atoms with van der Waals surface area (Å²) in [7, 11) is 6.27. The summed E-state index contributed by atoms with van der Waals surface area (Å²) >= 11 is 1.42. The molecule has 1 saturated heterocycles. The average molecular weight is 480 g/mol.